The summed E-state index contributed by atoms with van der Waals surface area (Å²) >= 11 is 0. The number of benzene rings is 1. The number of rotatable bonds is 6. The Kier molecular flexibility index (Phi) is 4.76. The minimum Gasteiger partial charge on any atom is -0.479 e. The second kappa shape index (κ2) is 5.94. The van der Waals surface area contributed by atoms with E-state index in [-0.39, 0.29) is 10.5 Å². The summed E-state index contributed by atoms with van der Waals surface area (Å²) in [6, 6.07) is 3.28. The van der Waals surface area contributed by atoms with Crippen LogP contribution < -0.4 is 4.72 Å². The van der Waals surface area contributed by atoms with E-state index in [1.165, 1.54) is 13.0 Å². The summed E-state index contributed by atoms with van der Waals surface area (Å²) in [6.45, 7) is 0.700. The molecule has 20 heavy (non-hydrogen) atoms. The van der Waals surface area contributed by atoms with Gasteiger partial charge in [-0.05, 0) is 12.5 Å². The van der Waals surface area contributed by atoms with Crippen LogP contribution in [0.25, 0.3) is 0 Å². The summed E-state index contributed by atoms with van der Waals surface area (Å²) in [5.41, 5.74) is -0.150. The number of hydrogen-bond acceptors (Lipinski definition) is 6. The monoisotopic (exact) mass is 304 g/mol. The van der Waals surface area contributed by atoms with Gasteiger partial charge in [-0.15, -0.1) is 0 Å². The topological polar surface area (TPSA) is 147 Å². The SMILES string of the molecule is Cc1ccc([N+](=O)[O-])cc1S(=O)(=O)NCC(O)C(=O)O. The summed E-state index contributed by atoms with van der Waals surface area (Å²) in [4.78, 5) is 19.9. The largest absolute Gasteiger partial charge is 0.479 e. The molecule has 0 aliphatic heterocycles. The number of carboxylic acid groups (broad SMARTS) is 1. The Morgan fingerprint density at radius 3 is 2.60 bits per heavy atom. The van der Waals surface area contributed by atoms with Gasteiger partial charge in [0.15, 0.2) is 6.10 Å². The lowest BCUT2D eigenvalue weighted by atomic mass is 10.2. The van der Waals surface area contributed by atoms with E-state index in [2.05, 4.69) is 0 Å². The first kappa shape index (κ1) is 16.0. The Hall–Kier alpha value is -2.04. The van der Waals surface area contributed by atoms with Crippen LogP contribution in [0.2, 0.25) is 0 Å². The molecule has 0 radical (unpaired) electrons. The van der Waals surface area contributed by atoms with E-state index >= 15 is 0 Å². The maximum Gasteiger partial charge on any atom is 0.333 e. The standard InChI is InChI=1S/C10H12N2O7S/c1-6-2-3-7(12(16)17)4-9(6)20(18,19)11-5-8(13)10(14)15/h2-4,8,11,13H,5H2,1H3,(H,14,15). The fourth-order valence-corrected chi connectivity index (χ4v) is 2.65. The van der Waals surface area contributed by atoms with Crippen molar-refractivity contribution in [1.82, 2.24) is 4.72 Å². The number of sulfonamides is 1. The lowest BCUT2D eigenvalue weighted by Gasteiger charge is -2.10. The third-order valence-electron chi connectivity index (χ3n) is 2.42. The molecule has 0 bridgehead atoms. The third-order valence-corrected chi connectivity index (χ3v) is 3.99. The molecule has 9 nitrogen and oxygen atoms in total. The van der Waals surface area contributed by atoms with Gasteiger partial charge in [-0.2, -0.15) is 0 Å². The van der Waals surface area contributed by atoms with Crippen molar-refractivity contribution in [3.05, 3.63) is 33.9 Å². The zero-order valence-corrected chi connectivity index (χ0v) is 11.1. The second-order valence-electron chi connectivity index (χ2n) is 3.91. The van der Waals surface area contributed by atoms with Crippen LogP contribution in [0.15, 0.2) is 23.1 Å². The van der Waals surface area contributed by atoms with Crippen molar-refractivity contribution in [2.24, 2.45) is 0 Å². The molecule has 3 N–H and O–H groups in total. The molecule has 0 saturated carbocycles. The number of non-ortho nitro benzene ring substituents is 1. The minimum atomic E-state index is -4.15. The number of aliphatic carboxylic acids is 1. The highest BCUT2D eigenvalue weighted by atomic mass is 32.2. The first-order valence-electron chi connectivity index (χ1n) is 5.30. The highest BCUT2D eigenvalue weighted by Gasteiger charge is 2.23. The molecule has 1 unspecified atom stereocenters. The van der Waals surface area contributed by atoms with Crippen molar-refractivity contribution in [3.63, 3.8) is 0 Å². The smallest absolute Gasteiger partial charge is 0.333 e. The highest BCUT2D eigenvalue weighted by Crippen LogP contribution is 2.21. The number of aryl methyl sites for hydroxylation is 1. The average Bonchev–Trinajstić information content (AvgIpc) is 2.35. The van der Waals surface area contributed by atoms with E-state index < -0.39 is 39.3 Å². The van der Waals surface area contributed by atoms with Crippen molar-refractivity contribution in [3.8, 4) is 0 Å². The van der Waals surface area contributed by atoms with Gasteiger partial charge in [-0.1, -0.05) is 6.07 Å². The van der Waals surface area contributed by atoms with Gasteiger partial charge >= 0.3 is 5.97 Å². The van der Waals surface area contributed by atoms with Gasteiger partial charge in [0.1, 0.15) is 0 Å². The van der Waals surface area contributed by atoms with Crippen molar-refractivity contribution in [1.29, 1.82) is 0 Å². The van der Waals surface area contributed by atoms with E-state index in [1.54, 1.807) is 0 Å². The van der Waals surface area contributed by atoms with Crippen LogP contribution in [0.4, 0.5) is 5.69 Å². The minimum absolute atomic E-state index is 0.257. The fourth-order valence-electron chi connectivity index (χ4n) is 1.35. The summed E-state index contributed by atoms with van der Waals surface area (Å²) in [5.74, 6) is -1.58. The molecule has 1 atom stereocenters. The Morgan fingerprint density at radius 1 is 1.50 bits per heavy atom. The van der Waals surface area contributed by atoms with Crippen LogP contribution in [-0.2, 0) is 14.8 Å². The Labute approximate surface area is 114 Å². The molecule has 110 valence electrons. The number of aliphatic hydroxyl groups is 1. The quantitative estimate of drug-likeness (QED) is 0.479. The number of carboxylic acids is 1. The molecule has 0 aliphatic carbocycles. The number of nitro benzene ring substituents is 1. The first-order chi connectivity index (χ1) is 9.15. The van der Waals surface area contributed by atoms with Crippen LogP contribution in [0.5, 0.6) is 0 Å². The predicted octanol–water partition coefficient (Wildman–Crippen LogP) is -0.373. The highest BCUT2D eigenvalue weighted by molar-refractivity contribution is 7.89. The second-order valence-corrected chi connectivity index (χ2v) is 5.65. The van der Waals surface area contributed by atoms with Crippen LogP contribution in [0.3, 0.4) is 0 Å². The Morgan fingerprint density at radius 2 is 2.10 bits per heavy atom. The molecule has 1 aromatic rings. The van der Waals surface area contributed by atoms with Gasteiger partial charge < -0.3 is 10.2 Å². The van der Waals surface area contributed by atoms with Crippen LogP contribution >= 0.6 is 0 Å². The van der Waals surface area contributed by atoms with Crippen molar-refractivity contribution < 1.29 is 28.3 Å². The summed E-state index contributed by atoms with van der Waals surface area (Å²) in [6.07, 6.45) is -1.90. The summed E-state index contributed by atoms with van der Waals surface area (Å²) in [7, 11) is -4.15. The lowest BCUT2D eigenvalue weighted by Crippen LogP contribution is -2.36. The summed E-state index contributed by atoms with van der Waals surface area (Å²) in [5, 5.41) is 28.1. The number of nitrogens with one attached hydrogen (secondary N) is 1. The van der Waals surface area contributed by atoms with E-state index in [1.807, 2.05) is 4.72 Å². The normalized spacial score (nSPS) is 12.9. The number of carbonyl (C=O) groups is 1. The average molecular weight is 304 g/mol. The van der Waals surface area contributed by atoms with E-state index in [4.69, 9.17) is 10.2 Å². The number of aliphatic hydroxyl groups excluding tert-OH is 1. The van der Waals surface area contributed by atoms with Gasteiger partial charge in [-0.3, -0.25) is 10.1 Å². The van der Waals surface area contributed by atoms with Gasteiger partial charge in [-0.25, -0.2) is 17.9 Å². The molecule has 0 heterocycles. The van der Waals surface area contributed by atoms with E-state index in [9.17, 15) is 23.3 Å². The van der Waals surface area contributed by atoms with Crippen molar-refractivity contribution in [2.75, 3.05) is 6.54 Å². The van der Waals surface area contributed by atoms with Crippen LogP contribution in [0, 0.1) is 17.0 Å². The number of hydrogen-bond donors (Lipinski definition) is 3. The van der Waals surface area contributed by atoms with Crippen molar-refractivity contribution >= 4 is 21.7 Å². The Balaban J connectivity index is 3.06. The third kappa shape index (κ3) is 3.73. The molecular weight excluding hydrogens is 292 g/mol. The van der Waals surface area contributed by atoms with Gasteiger partial charge in [0.2, 0.25) is 10.0 Å². The lowest BCUT2D eigenvalue weighted by molar-refractivity contribution is -0.385. The van der Waals surface area contributed by atoms with Crippen LogP contribution in [-0.4, -0.2) is 42.2 Å². The molecule has 0 fully saturated rings. The molecule has 1 rings (SSSR count). The maximum absolute atomic E-state index is 11.9. The van der Waals surface area contributed by atoms with Crippen molar-refractivity contribution in [2.45, 2.75) is 17.9 Å². The summed E-state index contributed by atoms with van der Waals surface area (Å²) < 4.78 is 25.7. The maximum atomic E-state index is 11.9. The first-order valence-corrected chi connectivity index (χ1v) is 6.79. The molecule has 10 heteroatoms. The number of nitro groups is 1. The number of nitrogens with zero attached hydrogens (tertiary/aromatic N) is 1. The molecular formula is C10H12N2O7S. The fraction of sp³-hybridized carbons (Fsp3) is 0.300. The zero-order valence-electron chi connectivity index (χ0n) is 10.3. The molecule has 0 spiro atoms. The zero-order chi connectivity index (χ0) is 15.5. The van der Waals surface area contributed by atoms with Gasteiger partial charge in [0, 0.05) is 18.7 Å². The Bertz CT molecular complexity index is 641. The molecule has 0 aliphatic rings. The van der Waals surface area contributed by atoms with Gasteiger partial charge in [0.25, 0.3) is 5.69 Å². The molecule has 0 aromatic heterocycles. The molecule has 0 amide bonds. The molecule has 0 saturated heterocycles. The molecule has 1 aromatic carbocycles. The van der Waals surface area contributed by atoms with E-state index in [0.717, 1.165) is 12.1 Å². The van der Waals surface area contributed by atoms with E-state index in [0.29, 0.717) is 0 Å². The van der Waals surface area contributed by atoms with Crippen LogP contribution in [0.1, 0.15) is 5.56 Å². The predicted molar refractivity (Wildman–Crippen MR) is 66.7 cm³/mol. The van der Waals surface area contributed by atoms with Gasteiger partial charge in [0.05, 0.1) is 9.82 Å².